The first kappa shape index (κ1) is 13.4. The second-order valence-electron chi connectivity index (χ2n) is 3.74. The van der Waals surface area contributed by atoms with Crippen molar-refractivity contribution in [2.75, 3.05) is 0 Å². The number of hydrogen-bond acceptors (Lipinski definition) is 5. The fraction of sp³-hybridized carbons (Fsp3) is 0.0769. The van der Waals surface area contributed by atoms with Crippen molar-refractivity contribution in [1.29, 1.82) is 0 Å². The predicted octanol–water partition coefficient (Wildman–Crippen LogP) is 3.52. The molecular formula is C13H11NO4S. The van der Waals surface area contributed by atoms with E-state index in [1.165, 1.54) is 6.07 Å². The van der Waals surface area contributed by atoms with Crippen molar-refractivity contribution in [3.8, 4) is 5.75 Å². The lowest BCUT2D eigenvalue weighted by Crippen LogP contribution is -1.91. The summed E-state index contributed by atoms with van der Waals surface area (Å²) in [6.45, 7) is 0.255. The molecular weight excluding hydrogens is 266 g/mol. The summed E-state index contributed by atoms with van der Waals surface area (Å²) < 4.78 is 5.35. The molecule has 0 fully saturated rings. The van der Waals surface area contributed by atoms with Crippen LogP contribution in [0.4, 0.5) is 5.69 Å². The van der Waals surface area contributed by atoms with Crippen LogP contribution in [0, 0.1) is 10.1 Å². The average Bonchev–Trinajstić information content (AvgIpc) is 2.39. The molecule has 2 aromatic rings. The van der Waals surface area contributed by atoms with E-state index in [9.17, 15) is 15.2 Å². The summed E-state index contributed by atoms with van der Waals surface area (Å²) in [4.78, 5) is 10.8. The maximum atomic E-state index is 10.8. The van der Waals surface area contributed by atoms with Gasteiger partial charge in [0, 0.05) is 18.1 Å². The van der Waals surface area contributed by atoms with Gasteiger partial charge in [-0.3, -0.25) is 10.1 Å². The Bertz CT molecular complexity index is 588. The highest BCUT2D eigenvalue weighted by Crippen LogP contribution is 2.30. The number of nitro groups is 1. The molecule has 5 nitrogen and oxygen atoms in total. The molecule has 6 heteroatoms. The first-order valence-electron chi connectivity index (χ1n) is 5.47. The lowest BCUT2D eigenvalue weighted by Gasteiger charge is -2.04. The molecule has 0 aliphatic carbocycles. The summed E-state index contributed by atoms with van der Waals surface area (Å²) in [6, 6.07) is 13.1. The largest absolute Gasteiger partial charge is 0.508 e. The number of rotatable bonds is 5. The molecule has 0 spiro atoms. The SMILES string of the molecule is O=[N+]([O-])c1ccccc1SOCc1cccc(O)c1. The van der Waals surface area contributed by atoms with Crippen molar-refractivity contribution in [2.45, 2.75) is 11.5 Å². The minimum atomic E-state index is -0.444. The fourth-order valence-corrected chi connectivity index (χ4v) is 2.17. The highest BCUT2D eigenvalue weighted by molar-refractivity contribution is 7.94. The molecule has 0 amide bonds. The van der Waals surface area contributed by atoms with Crippen molar-refractivity contribution < 1.29 is 14.2 Å². The number of hydrogen-bond donors (Lipinski definition) is 1. The van der Waals surface area contributed by atoms with Gasteiger partial charge in [-0.1, -0.05) is 24.3 Å². The van der Waals surface area contributed by atoms with Gasteiger partial charge >= 0.3 is 0 Å². The molecule has 0 unspecified atom stereocenters. The number of nitro benzene ring substituents is 1. The Morgan fingerprint density at radius 1 is 1.21 bits per heavy atom. The average molecular weight is 277 g/mol. The molecule has 0 aliphatic heterocycles. The van der Waals surface area contributed by atoms with Gasteiger partial charge < -0.3 is 9.29 Å². The van der Waals surface area contributed by atoms with Crippen molar-refractivity contribution in [3.63, 3.8) is 0 Å². The number of benzene rings is 2. The van der Waals surface area contributed by atoms with E-state index in [1.807, 2.05) is 0 Å². The molecule has 0 aliphatic rings. The summed E-state index contributed by atoms with van der Waals surface area (Å²) >= 11 is 0.953. The number of aromatic hydroxyl groups is 1. The third-order valence-electron chi connectivity index (χ3n) is 2.35. The topological polar surface area (TPSA) is 72.6 Å². The van der Waals surface area contributed by atoms with E-state index in [1.54, 1.807) is 42.5 Å². The van der Waals surface area contributed by atoms with Crippen LogP contribution in [0.1, 0.15) is 5.56 Å². The first-order valence-corrected chi connectivity index (χ1v) is 6.22. The smallest absolute Gasteiger partial charge is 0.285 e. The van der Waals surface area contributed by atoms with E-state index in [0.717, 1.165) is 17.6 Å². The van der Waals surface area contributed by atoms with Crippen LogP contribution in [0.2, 0.25) is 0 Å². The molecule has 0 saturated carbocycles. The van der Waals surface area contributed by atoms with Crippen LogP contribution in [-0.2, 0) is 10.8 Å². The molecule has 98 valence electrons. The quantitative estimate of drug-likeness (QED) is 0.514. The normalized spacial score (nSPS) is 10.3. The van der Waals surface area contributed by atoms with E-state index >= 15 is 0 Å². The second-order valence-corrected chi connectivity index (χ2v) is 4.58. The van der Waals surface area contributed by atoms with Crippen molar-refractivity contribution >= 4 is 17.7 Å². The molecule has 0 radical (unpaired) electrons. The lowest BCUT2D eigenvalue weighted by molar-refractivity contribution is -0.387. The van der Waals surface area contributed by atoms with Crippen LogP contribution >= 0.6 is 12.0 Å². The maximum Gasteiger partial charge on any atom is 0.285 e. The van der Waals surface area contributed by atoms with Crippen LogP contribution in [-0.4, -0.2) is 10.0 Å². The van der Waals surface area contributed by atoms with Crippen LogP contribution in [0.5, 0.6) is 5.75 Å². The number of nitrogens with zero attached hydrogens (tertiary/aromatic N) is 1. The maximum absolute atomic E-state index is 10.8. The minimum Gasteiger partial charge on any atom is -0.508 e. The first-order chi connectivity index (χ1) is 9.16. The van der Waals surface area contributed by atoms with Crippen molar-refractivity contribution in [2.24, 2.45) is 0 Å². The molecule has 0 atom stereocenters. The van der Waals surface area contributed by atoms with Gasteiger partial charge in [0.15, 0.2) is 0 Å². The molecule has 0 bridgehead atoms. The summed E-state index contributed by atoms with van der Waals surface area (Å²) in [5.41, 5.74) is 0.814. The zero-order valence-electron chi connectivity index (χ0n) is 9.85. The predicted molar refractivity (Wildman–Crippen MR) is 71.8 cm³/mol. The van der Waals surface area contributed by atoms with Crippen molar-refractivity contribution in [3.05, 3.63) is 64.2 Å². The fourth-order valence-electron chi connectivity index (χ4n) is 1.49. The molecule has 0 saturated heterocycles. The van der Waals surface area contributed by atoms with E-state index < -0.39 is 4.92 Å². The highest BCUT2D eigenvalue weighted by atomic mass is 32.2. The summed E-state index contributed by atoms with van der Waals surface area (Å²) in [5, 5.41) is 20.1. The van der Waals surface area contributed by atoms with Gasteiger partial charge in [-0.2, -0.15) is 0 Å². The summed E-state index contributed by atoms with van der Waals surface area (Å²) in [5.74, 6) is 0.164. The number of phenolic OH excluding ortho intramolecular Hbond substituents is 1. The second kappa shape index (κ2) is 6.21. The van der Waals surface area contributed by atoms with Gasteiger partial charge in [-0.15, -0.1) is 0 Å². The summed E-state index contributed by atoms with van der Waals surface area (Å²) in [7, 11) is 0. The summed E-state index contributed by atoms with van der Waals surface area (Å²) in [6.07, 6.45) is 0. The molecule has 19 heavy (non-hydrogen) atoms. The molecule has 2 rings (SSSR count). The zero-order chi connectivity index (χ0) is 13.7. The Balaban J connectivity index is 1.98. The van der Waals surface area contributed by atoms with Gasteiger partial charge in [0.1, 0.15) is 10.6 Å². The number of para-hydroxylation sites is 1. The van der Waals surface area contributed by atoms with Crippen LogP contribution in [0.15, 0.2) is 53.4 Å². The third-order valence-corrected chi connectivity index (χ3v) is 3.11. The van der Waals surface area contributed by atoms with Gasteiger partial charge in [0.05, 0.1) is 11.5 Å². The molecule has 2 aromatic carbocycles. The Kier molecular flexibility index (Phi) is 4.38. The number of phenols is 1. The van der Waals surface area contributed by atoms with E-state index in [-0.39, 0.29) is 18.0 Å². The Morgan fingerprint density at radius 2 is 2.00 bits per heavy atom. The van der Waals surface area contributed by atoms with Crippen LogP contribution in [0.3, 0.4) is 0 Å². The van der Waals surface area contributed by atoms with Crippen LogP contribution < -0.4 is 0 Å². The third kappa shape index (κ3) is 3.70. The monoisotopic (exact) mass is 277 g/mol. The van der Waals surface area contributed by atoms with Crippen LogP contribution in [0.25, 0.3) is 0 Å². The minimum absolute atomic E-state index is 0.0170. The van der Waals surface area contributed by atoms with Gasteiger partial charge in [-0.25, -0.2) is 0 Å². The van der Waals surface area contributed by atoms with Crippen molar-refractivity contribution in [1.82, 2.24) is 0 Å². The molecule has 1 N–H and O–H groups in total. The Labute approximate surface area is 114 Å². The molecule has 0 heterocycles. The van der Waals surface area contributed by atoms with Gasteiger partial charge in [-0.05, 0) is 23.8 Å². The Hall–Kier alpha value is -2.05. The standard InChI is InChI=1S/C13H11NO4S/c15-11-5-3-4-10(8-11)9-18-19-13-7-2-1-6-12(13)14(16)17/h1-8,15H,9H2. The van der Waals surface area contributed by atoms with E-state index in [2.05, 4.69) is 0 Å². The van der Waals surface area contributed by atoms with E-state index in [4.69, 9.17) is 4.18 Å². The lowest BCUT2D eigenvalue weighted by atomic mass is 10.2. The van der Waals surface area contributed by atoms with Gasteiger partial charge in [0.2, 0.25) is 0 Å². The van der Waals surface area contributed by atoms with Gasteiger partial charge in [0.25, 0.3) is 5.69 Å². The highest BCUT2D eigenvalue weighted by Gasteiger charge is 2.13. The Morgan fingerprint density at radius 3 is 2.74 bits per heavy atom. The zero-order valence-corrected chi connectivity index (χ0v) is 10.7. The molecule has 0 aromatic heterocycles. The van der Waals surface area contributed by atoms with E-state index in [0.29, 0.717) is 4.90 Å².